The van der Waals surface area contributed by atoms with Crippen LogP contribution in [0, 0.1) is 0 Å². The fourth-order valence-electron chi connectivity index (χ4n) is 4.90. The number of hydrogen-bond acceptors (Lipinski definition) is 12. The van der Waals surface area contributed by atoms with E-state index in [4.69, 9.17) is 5.73 Å². The molecular formula is C32H21N5Na3O7S2+. The Morgan fingerprint density at radius 3 is 1.33 bits per heavy atom. The number of aromatic hydroxyl groups is 1. The Hall–Kier alpha value is -2.54. The van der Waals surface area contributed by atoms with Crippen LogP contribution in [0.2, 0.25) is 0 Å². The van der Waals surface area contributed by atoms with E-state index in [0.29, 0.717) is 16.8 Å². The first-order valence-corrected chi connectivity index (χ1v) is 16.2. The predicted octanol–water partition coefficient (Wildman–Crippen LogP) is -1.40. The van der Waals surface area contributed by atoms with Crippen LogP contribution in [0.1, 0.15) is 0 Å². The van der Waals surface area contributed by atoms with Crippen molar-refractivity contribution in [2.75, 3.05) is 5.73 Å². The van der Waals surface area contributed by atoms with Crippen LogP contribution in [0.15, 0.2) is 139 Å². The fourth-order valence-corrected chi connectivity index (χ4v) is 6.31. The third-order valence-electron chi connectivity index (χ3n) is 7.14. The molecule has 0 amide bonds. The largest absolute Gasteiger partial charge is 1.00 e. The number of phenolic OH excluding ortho intramolecular Hbond substituents is 1. The molecule has 0 spiro atoms. The van der Waals surface area contributed by atoms with Crippen LogP contribution in [0.25, 0.3) is 32.7 Å². The molecule has 0 saturated heterocycles. The van der Waals surface area contributed by atoms with Crippen molar-refractivity contribution in [3.05, 3.63) is 109 Å². The van der Waals surface area contributed by atoms with Crippen LogP contribution in [0.4, 0.5) is 28.4 Å². The summed E-state index contributed by atoms with van der Waals surface area (Å²) in [6.07, 6.45) is 0. The summed E-state index contributed by atoms with van der Waals surface area (Å²) in [7, 11) is -9.63. The number of azo groups is 2. The summed E-state index contributed by atoms with van der Waals surface area (Å²) in [4.78, 5) is -0.937. The maximum absolute atomic E-state index is 11.9. The van der Waals surface area contributed by atoms with Gasteiger partial charge in [0.25, 0.3) is 0 Å². The molecule has 0 saturated carbocycles. The monoisotopic (exact) mass is 720 g/mol. The van der Waals surface area contributed by atoms with Crippen LogP contribution < -0.4 is 94.4 Å². The van der Waals surface area contributed by atoms with Crippen molar-refractivity contribution in [1.29, 1.82) is 0 Å². The normalized spacial score (nSPS) is 11.7. The fraction of sp³-hybridized carbons (Fsp3) is 0. The minimum atomic E-state index is -4.84. The van der Waals surface area contributed by atoms with Crippen LogP contribution in [0.5, 0.6) is 5.75 Å². The van der Waals surface area contributed by atoms with E-state index >= 15 is 0 Å². The Morgan fingerprint density at radius 1 is 0.510 bits per heavy atom. The summed E-state index contributed by atoms with van der Waals surface area (Å²) in [6.45, 7) is 0. The topological polar surface area (TPSA) is 210 Å². The summed E-state index contributed by atoms with van der Waals surface area (Å²) in [5, 5.41) is 27.8. The number of benzene rings is 6. The van der Waals surface area contributed by atoms with Gasteiger partial charge in [-0.3, -0.25) is 0 Å². The van der Waals surface area contributed by atoms with Crippen molar-refractivity contribution in [2.24, 2.45) is 20.5 Å². The molecule has 0 aliphatic rings. The maximum Gasteiger partial charge on any atom is 1.00 e. The molecule has 17 heteroatoms. The Bertz CT molecular complexity index is 2270. The van der Waals surface area contributed by atoms with Gasteiger partial charge in [-0.25, -0.2) is 16.8 Å². The maximum atomic E-state index is 11.9. The van der Waals surface area contributed by atoms with Crippen LogP contribution >= 0.6 is 0 Å². The third kappa shape index (κ3) is 9.04. The summed E-state index contributed by atoms with van der Waals surface area (Å²) >= 11 is 0. The first-order chi connectivity index (χ1) is 21.9. The minimum Gasteiger partial charge on any atom is -0.744 e. The third-order valence-corrected chi connectivity index (χ3v) is 8.89. The Morgan fingerprint density at radius 2 is 0.878 bits per heavy atom. The molecule has 49 heavy (non-hydrogen) atoms. The molecule has 12 nitrogen and oxygen atoms in total. The van der Waals surface area contributed by atoms with Gasteiger partial charge in [0.2, 0.25) is 0 Å². The van der Waals surface area contributed by atoms with Gasteiger partial charge in [-0.05, 0) is 47.5 Å². The molecule has 0 aromatic heterocycles. The van der Waals surface area contributed by atoms with Crippen molar-refractivity contribution >= 4 is 70.2 Å². The molecule has 0 aliphatic heterocycles. The second kappa shape index (κ2) is 16.7. The van der Waals surface area contributed by atoms with Gasteiger partial charge in [-0.1, -0.05) is 72.8 Å². The van der Waals surface area contributed by atoms with E-state index in [1.807, 2.05) is 0 Å². The van der Waals surface area contributed by atoms with Crippen LogP contribution in [-0.4, -0.2) is 31.0 Å². The van der Waals surface area contributed by atoms with E-state index in [1.165, 1.54) is 18.2 Å². The van der Waals surface area contributed by atoms with E-state index in [9.17, 15) is 31.0 Å². The summed E-state index contributed by atoms with van der Waals surface area (Å²) in [5.41, 5.74) is 8.76. The zero-order valence-electron chi connectivity index (χ0n) is 26.5. The average Bonchev–Trinajstić information content (AvgIpc) is 3.04. The molecule has 6 aromatic rings. The predicted molar refractivity (Wildman–Crippen MR) is 170 cm³/mol. The number of phenols is 1. The van der Waals surface area contributed by atoms with E-state index in [-0.39, 0.29) is 128 Å². The molecule has 3 N–H and O–H groups in total. The van der Waals surface area contributed by atoms with Gasteiger partial charge in [0.05, 0.1) is 26.9 Å². The Labute approximate surface area is 347 Å². The molecule has 0 radical (unpaired) electrons. The van der Waals surface area contributed by atoms with E-state index in [1.54, 1.807) is 78.9 Å². The van der Waals surface area contributed by atoms with Gasteiger partial charge < -0.3 is 19.9 Å². The SMILES string of the molecule is Nc1c(N=Nc2ccc(-c3ccc(N=Nc4cc(S(=O)(=O)[O-])c5ccccc5c4O)cc3)cc2)cc(S(=O)(=O)[O-])c2ccccc12.[Na+].[Na+].[Na+]. The van der Waals surface area contributed by atoms with Gasteiger partial charge in [0.15, 0.2) is 5.75 Å². The zero-order valence-corrected chi connectivity index (χ0v) is 34.1. The van der Waals surface area contributed by atoms with Crippen LogP contribution in [0.3, 0.4) is 0 Å². The van der Waals surface area contributed by atoms with E-state index in [0.717, 1.165) is 23.3 Å². The van der Waals surface area contributed by atoms with Gasteiger partial charge in [0, 0.05) is 21.5 Å². The average molecular weight is 721 g/mol. The first kappa shape index (κ1) is 40.9. The molecule has 0 aliphatic carbocycles. The number of nitrogens with two attached hydrogens (primary N) is 1. The molecule has 0 unspecified atom stereocenters. The number of rotatable bonds is 7. The molecule has 6 rings (SSSR count). The molecule has 0 bridgehead atoms. The smallest absolute Gasteiger partial charge is 0.744 e. The number of nitrogen functional groups attached to an aromatic ring is 1. The molecule has 0 heterocycles. The van der Waals surface area contributed by atoms with Gasteiger partial charge in [-0.2, -0.15) is 10.2 Å². The second-order valence-electron chi connectivity index (χ2n) is 10.0. The molecule has 0 fully saturated rings. The van der Waals surface area contributed by atoms with E-state index in [2.05, 4.69) is 20.5 Å². The van der Waals surface area contributed by atoms with Gasteiger partial charge in [0.1, 0.15) is 31.6 Å². The Balaban J connectivity index is 0.00000217. The number of nitrogens with zero attached hydrogens (tertiary/aromatic N) is 4. The molecule has 6 aromatic carbocycles. The Kier molecular flexibility index (Phi) is 13.9. The van der Waals surface area contributed by atoms with Gasteiger partial charge >= 0.3 is 88.7 Å². The van der Waals surface area contributed by atoms with Crippen molar-refractivity contribution < 1.29 is 120 Å². The van der Waals surface area contributed by atoms with Crippen molar-refractivity contribution in [3.63, 3.8) is 0 Å². The standard InChI is InChI=1S/C32H23N5O7S2.3Na/c33-31-25-7-3-1-5-23(25)29(45(39,40)41)17-27(31)36-34-21-13-9-19(10-14-21)20-11-15-22(16-12-20)35-37-28-18-30(46(42,43)44)24-6-2-4-8-26(24)32(28)38;;;/h1-18,38H,33H2,(H,39,40,41)(H,42,43,44);;;/q;3*+1/p-2. The summed E-state index contributed by atoms with van der Waals surface area (Å²) in [6, 6.07) is 28.4. The first-order valence-electron chi connectivity index (χ1n) is 13.4. The quantitative estimate of drug-likeness (QED) is 0.0865. The number of hydrogen-bond donors (Lipinski definition) is 2. The summed E-state index contributed by atoms with van der Waals surface area (Å²) in [5.74, 6) is -0.306. The van der Waals surface area contributed by atoms with E-state index < -0.39 is 30.0 Å². The molecular weight excluding hydrogens is 699 g/mol. The molecule has 230 valence electrons. The van der Waals surface area contributed by atoms with Crippen molar-refractivity contribution in [2.45, 2.75) is 9.79 Å². The number of fused-ring (bicyclic) bond motifs is 2. The summed E-state index contributed by atoms with van der Waals surface area (Å²) < 4.78 is 71.1. The van der Waals surface area contributed by atoms with Crippen molar-refractivity contribution in [3.8, 4) is 16.9 Å². The van der Waals surface area contributed by atoms with Crippen molar-refractivity contribution in [1.82, 2.24) is 0 Å². The minimum absolute atomic E-state index is 0. The number of anilines is 1. The van der Waals surface area contributed by atoms with Gasteiger partial charge in [-0.15, -0.1) is 10.2 Å². The second-order valence-corrected chi connectivity index (χ2v) is 12.7. The molecule has 0 atom stereocenters. The zero-order chi connectivity index (χ0) is 32.6. The van der Waals surface area contributed by atoms with Crippen LogP contribution in [-0.2, 0) is 20.2 Å².